The van der Waals surface area contributed by atoms with Crippen LogP contribution in [-0.4, -0.2) is 45.2 Å². The lowest BCUT2D eigenvalue weighted by Gasteiger charge is -2.37. The first-order valence-electron chi connectivity index (χ1n) is 10.7. The van der Waals surface area contributed by atoms with Crippen molar-refractivity contribution in [1.29, 1.82) is 0 Å². The first-order chi connectivity index (χ1) is 12.7. The third-order valence-corrected chi connectivity index (χ3v) is 6.69. The maximum absolute atomic E-state index is 13.2. The molecular weight excluding hydrogens is 397 g/mol. The second kappa shape index (κ2) is 10.8. The number of rotatable bonds is 4. The summed E-state index contributed by atoms with van der Waals surface area (Å²) in [6.07, 6.45) is 9.86. The Kier molecular flexibility index (Phi) is 9.03. The lowest BCUT2D eigenvalue weighted by atomic mass is 9.83. The summed E-state index contributed by atoms with van der Waals surface area (Å²) in [5.41, 5.74) is 0. The van der Waals surface area contributed by atoms with Gasteiger partial charge >= 0.3 is 0 Å². The van der Waals surface area contributed by atoms with E-state index in [2.05, 4.69) is 31.9 Å². The van der Waals surface area contributed by atoms with Crippen molar-refractivity contribution < 1.29 is 4.79 Å². The van der Waals surface area contributed by atoms with E-state index in [1.807, 2.05) is 0 Å². The fraction of sp³-hybridized carbons (Fsp3) is 0.850. The van der Waals surface area contributed by atoms with Crippen LogP contribution >= 0.6 is 24.8 Å². The normalized spacial score (nSPS) is 23.9. The highest BCUT2D eigenvalue weighted by atomic mass is 35.5. The van der Waals surface area contributed by atoms with Crippen LogP contribution in [0.4, 0.5) is 0 Å². The minimum atomic E-state index is 0. The van der Waals surface area contributed by atoms with Gasteiger partial charge in [0.05, 0.1) is 6.04 Å². The average molecular weight is 432 g/mol. The maximum Gasteiger partial charge on any atom is 0.223 e. The fourth-order valence-electron chi connectivity index (χ4n) is 5.05. The van der Waals surface area contributed by atoms with Gasteiger partial charge in [-0.25, -0.2) is 0 Å². The second-order valence-electron chi connectivity index (χ2n) is 8.45. The molecule has 6 nitrogen and oxygen atoms in total. The van der Waals surface area contributed by atoms with E-state index in [9.17, 15) is 4.79 Å². The lowest BCUT2D eigenvalue weighted by molar-refractivity contribution is -0.136. The van der Waals surface area contributed by atoms with Crippen molar-refractivity contribution in [3.05, 3.63) is 11.6 Å². The van der Waals surface area contributed by atoms with Crippen molar-refractivity contribution in [3.8, 4) is 0 Å². The topological polar surface area (TPSA) is 63.1 Å². The van der Waals surface area contributed by atoms with Crippen LogP contribution in [0, 0.1) is 11.8 Å². The van der Waals surface area contributed by atoms with Crippen LogP contribution in [0.2, 0.25) is 0 Å². The van der Waals surface area contributed by atoms with Gasteiger partial charge < -0.3 is 14.8 Å². The third kappa shape index (κ3) is 5.00. The number of nitrogens with zero attached hydrogens (tertiary/aromatic N) is 4. The number of likely N-dealkylation sites (tertiary alicyclic amines) is 1. The van der Waals surface area contributed by atoms with Crippen LogP contribution < -0.4 is 5.32 Å². The van der Waals surface area contributed by atoms with E-state index in [-0.39, 0.29) is 30.9 Å². The van der Waals surface area contributed by atoms with Gasteiger partial charge in [0.1, 0.15) is 5.82 Å². The van der Waals surface area contributed by atoms with Crippen molar-refractivity contribution in [2.45, 2.75) is 77.3 Å². The van der Waals surface area contributed by atoms with Gasteiger partial charge in [0.2, 0.25) is 5.91 Å². The molecule has 4 heterocycles. The van der Waals surface area contributed by atoms with Gasteiger partial charge in [-0.05, 0) is 69.9 Å². The molecule has 2 fully saturated rings. The molecule has 2 atom stereocenters. The number of halogens is 2. The summed E-state index contributed by atoms with van der Waals surface area (Å²) >= 11 is 0. The third-order valence-electron chi connectivity index (χ3n) is 6.69. The lowest BCUT2D eigenvalue weighted by Crippen LogP contribution is -2.41. The minimum Gasteiger partial charge on any atom is -0.332 e. The van der Waals surface area contributed by atoms with E-state index < -0.39 is 0 Å². The van der Waals surface area contributed by atoms with Crippen molar-refractivity contribution >= 4 is 30.7 Å². The molecule has 0 saturated carbocycles. The SMILES string of the molecule is CC(CC(=O)N1CCCCC1c1nnc2n1CCCC2)C1CCNCC1.Cl.Cl. The number of aryl methyl sites for hydroxylation is 1. The zero-order chi connectivity index (χ0) is 17.9. The molecule has 3 aliphatic rings. The molecule has 0 bridgehead atoms. The van der Waals surface area contributed by atoms with Gasteiger partial charge in [-0.2, -0.15) is 0 Å². The molecule has 0 spiro atoms. The molecule has 8 heteroatoms. The zero-order valence-corrected chi connectivity index (χ0v) is 18.6. The molecule has 0 aromatic carbocycles. The number of nitrogens with one attached hydrogen (secondary N) is 1. The van der Waals surface area contributed by atoms with Gasteiger partial charge in [-0.15, -0.1) is 35.0 Å². The monoisotopic (exact) mass is 431 g/mol. The fourth-order valence-corrected chi connectivity index (χ4v) is 5.05. The molecule has 2 saturated heterocycles. The van der Waals surface area contributed by atoms with Crippen molar-refractivity contribution in [2.24, 2.45) is 11.8 Å². The van der Waals surface area contributed by atoms with Gasteiger partial charge in [-0.3, -0.25) is 4.79 Å². The van der Waals surface area contributed by atoms with Gasteiger partial charge in [0.25, 0.3) is 0 Å². The Morgan fingerprint density at radius 1 is 1.07 bits per heavy atom. The number of fused-ring (bicyclic) bond motifs is 1. The highest BCUT2D eigenvalue weighted by molar-refractivity contribution is 5.85. The van der Waals surface area contributed by atoms with Crippen LogP contribution in [-0.2, 0) is 17.8 Å². The first kappa shape index (κ1) is 23.4. The van der Waals surface area contributed by atoms with Crippen molar-refractivity contribution in [2.75, 3.05) is 19.6 Å². The summed E-state index contributed by atoms with van der Waals surface area (Å²) < 4.78 is 2.30. The number of aromatic nitrogens is 3. The highest BCUT2D eigenvalue weighted by Crippen LogP contribution is 2.33. The van der Waals surface area contributed by atoms with Crippen molar-refractivity contribution in [3.63, 3.8) is 0 Å². The molecule has 2 unspecified atom stereocenters. The molecule has 0 aliphatic carbocycles. The quantitative estimate of drug-likeness (QED) is 0.791. The number of hydrogen-bond donors (Lipinski definition) is 1. The second-order valence-corrected chi connectivity index (χ2v) is 8.45. The molecule has 0 radical (unpaired) electrons. The summed E-state index contributed by atoms with van der Waals surface area (Å²) in [6, 6.07) is 0.135. The molecule has 1 amide bonds. The van der Waals surface area contributed by atoms with Crippen LogP contribution in [0.25, 0.3) is 0 Å². The van der Waals surface area contributed by atoms with Crippen molar-refractivity contribution in [1.82, 2.24) is 25.0 Å². The number of hydrogen-bond acceptors (Lipinski definition) is 4. The Balaban J connectivity index is 0.00000140. The molecule has 28 heavy (non-hydrogen) atoms. The maximum atomic E-state index is 13.2. The molecule has 1 aromatic rings. The van der Waals surface area contributed by atoms with Gasteiger partial charge in [0, 0.05) is 25.9 Å². The van der Waals surface area contributed by atoms with Gasteiger partial charge in [-0.1, -0.05) is 6.92 Å². The van der Waals surface area contributed by atoms with E-state index in [1.165, 1.54) is 32.1 Å². The Morgan fingerprint density at radius 3 is 2.61 bits per heavy atom. The Labute approximate surface area is 181 Å². The molecule has 4 rings (SSSR count). The van der Waals surface area contributed by atoms with Crippen LogP contribution in [0.15, 0.2) is 0 Å². The Morgan fingerprint density at radius 2 is 1.82 bits per heavy atom. The van der Waals surface area contributed by atoms with Crippen LogP contribution in [0.5, 0.6) is 0 Å². The summed E-state index contributed by atoms with van der Waals surface area (Å²) in [6.45, 7) is 6.36. The molecule has 1 aromatic heterocycles. The van der Waals surface area contributed by atoms with E-state index in [4.69, 9.17) is 0 Å². The predicted molar refractivity (Wildman–Crippen MR) is 115 cm³/mol. The Bertz CT molecular complexity index is 632. The number of carbonyl (C=O) groups is 1. The molecule has 3 aliphatic heterocycles. The Hall–Kier alpha value is -0.850. The first-order valence-corrected chi connectivity index (χ1v) is 10.7. The van der Waals surface area contributed by atoms with Crippen LogP contribution in [0.3, 0.4) is 0 Å². The minimum absolute atomic E-state index is 0. The summed E-state index contributed by atoms with van der Waals surface area (Å²) in [5.74, 6) is 3.65. The number of carbonyl (C=O) groups excluding carboxylic acids is 1. The van der Waals surface area contributed by atoms with Crippen LogP contribution in [0.1, 0.15) is 76.0 Å². The number of piperidine rings is 2. The molecule has 160 valence electrons. The number of amides is 1. The highest BCUT2D eigenvalue weighted by Gasteiger charge is 2.34. The van der Waals surface area contributed by atoms with E-state index in [1.54, 1.807) is 0 Å². The molecule has 1 N–H and O–H groups in total. The zero-order valence-electron chi connectivity index (χ0n) is 16.9. The standard InChI is InChI=1S/C20H33N5O.2ClH/c1-15(16-8-10-21-11-9-16)14-19(26)24-12-4-2-6-17(24)20-23-22-18-7-3-5-13-25(18)20;;/h15-17,21H,2-14H2,1H3;2*1H. The molecular formula is C20H35Cl2N5O. The largest absolute Gasteiger partial charge is 0.332 e. The average Bonchev–Trinajstić information content (AvgIpc) is 3.12. The predicted octanol–water partition coefficient (Wildman–Crippen LogP) is 3.54. The van der Waals surface area contributed by atoms with E-state index in [0.29, 0.717) is 24.2 Å². The summed E-state index contributed by atoms with van der Waals surface area (Å²) in [5, 5.41) is 12.4. The smallest absolute Gasteiger partial charge is 0.223 e. The van der Waals surface area contributed by atoms with E-state index in [0.717, 1.165) is 57.1 Å². The van der Waals surface area contributed by atoms with Gasteiger partial charge in [0.15, 0.2) is 5.82 Å². The van der Waals surface area contributed by atoms with E-state index >= 15 is 0 Å². The summed E-state index contributed by atoms with van der Waals surface area (Å²) in [7, 11) is 0. The summed E-state index contributed by atoms with van der Waals surface area (Å²) in [4.78, 5) is 15.3.